The van der Waals surface area contributed by atoms with Gasteiger partial charge in [-0.3, -0.25) is 14.9 Å². The van der Waals surface area contributed by atoms with E-state index in [1.165, 1.54) is 48.7 Å². The summed E-state index contributed by atoms with van der Waals surface area (Å²) in [5.74, 6) is -1.04. The summed E-state index contributed by atoms with van der Waals surface area (Å²) in [6, 6.07) is 9.65. The number of H-pyrrole nitrogens is 1. The number of hydrogen-bond donors (Lipinski definition) is 1. The Kier molecular flexibility index (Phi) is 4.52. The molecule has 0 fully saturated rings. The van der Waals surface area contributed by atoms with Gasteiger partial charge in [0.05, 0.1) is 4.92 Å². The highest BCUT2D eigenvalue weighted by atomic mass is 35.5. The third kappa shape index (κ3) is 3.18. The van der Waals surface area contributed by atoms with Crippen molar-refractivity contribution in [1.82, 2.24) is 4.98 Å². The summed E-state index contributed by atoms with van der Waals surface area (Å²) in [6.45, 7) is 0. The van der Waals surface area contributed by atoms with Gasteiger partial charge in [0, 0.05) is 28.7 Å². The second kappa shape index (κ2) is 6.78. The molecule has 0 bridgehead atoms. The van der Waals surface area contributed by atoms with Gasteiger partial charge in [0.15, 0.2) is 0 Å². The molecule has 0 radical (unpaired) electrons. The van der Waals surface area contributed by atoms with E-state index in [4.69, 9.17) is 11.6 Å². The standard InChI is InChI=1S/C18H9ClFN3O3/c19-15-4-1-10(6-17(15)23(25)26)5-11(8-21)18(24)14-9-22-16-7-12(20)2-3-13(14)16/h1-7,9,22H/b11-5-. The molecule has 0 aliphatic carbocycles. The molecule has 1 N–H and O–H groups in total. The van der Waals surface area contributed by atoms with Crippen LogP contribution in [-0.2, 0) is 0 Å². The van der Waals surface area contributed by atoms with Crippen molar-refractivity contribution in [3.05, 3.63) is 80.2 Å². The Bertz CT molecular complexity index is 1130. The number of rotatable bonds is 4. The maximum Gasteiger partial charge on any atom is 0.288 e. The Hall–Kier alpha value is -3.50. The number of hydrogen-bond acceptors (Lipinski definition) is 4. The molecule has 3 aromatic rings. The van der Waals surface area contributed by atoms with E-state index < -0.39 is 16.5 Å². The van der Waals surface area contributed by atoms with E-state index in [1.54, 1.807) is 6.07 Å². The van der Waals surface area contributed by atoms with Gasteiger partial charge in [0.1, 0.15) is 22.5 Å². The molecule has 8 heteroatoms. The van der Waals surface area contributed by atoms with Crippen molar-refractivity contribution in [3.63, 3.8) is 0 Å². The second-order valence-electron chi connectivity index (χ2n) is 5.36. The van der Waals surface area contributed by atoms with Crippen molar-refractivity contribution in [2.75, 3.05) is 0 Å². The predicted octanol–water partition coefficient (Wildman–Crippen LogP) is 4.66. The third-order valence-electron chi connectivity index (χ3n) is 3.73. The van der Waals surface area contributed by atoms with E-state index in [1.807, 2.05) is 0 Å². The van der Waals surface area contributed by atoms with E-state index in [9.17, 15) is 24.6 Å². The summed E-state index contributed by atoms with van der Waals surface area (Å²) in [5.41, 5.74) is 0.375. The number of halogens is 2. The number of carbonyl (C=O) groups excluding carboxylic acids is 1. The summed E-state index contributed by atoms with van der Waals surface area (Å²) in [6.07, 6.45) is 2.63. The van der Waals surface area contributed by atoms with Crippen molar-refractivity contribution >= 4 is 40.1 Å². The Morgan fingerprint density at radius 3 is 2.77 bits per heavy atom. The van der Waals surface area contributed by atoms with Gasteiger partial charge in [-0.2, -0.15) is 5.26 Å². The summed E-state index contributed by atoms with van der Waals surface area (Å²) in [7, 11) is 0. The number of aromatic amines is 1. The van der Waals surface area contributed by atoms with Crippen LogP contribution in [0.25, 0.3) is 17.0 Å². The molecule has 6 nitrogen and oxygen atoms in total. The molecule has 128 valence electrons. The number of aromatic nitrogens is 1. The maximum atomic E-state index is 13.3. The van der Waals surface area contributed by atoms with Crippen LogP contribution in [0.3, 0.4) is 0 Å². The minimum Gasteiger partial charge on any atom is -0.360 e. The molecular formula is C18H9ClFN3O3. The zero-order valence-corrected chi connectivity index (χ0v) is 13.7. The van der Waals surface area contributed by atoms with Gasteiger partial charge in [0.2, 0.25) is 5.78 Å². The number of carbonyl (C=O) groups is 1. The lowest BCUT2D eigenvalue weighted by molar-refractivity contribution is -0.384. The average molecular weight is 370 g/mol. The van der Waals surface area contributed by atoms with E-state index >= 15 is 0 Å². The molecule has 1 aromatic heterocycles. The maximum absolute atomic E-state index is 13.3. The average Bonchev–Trinajstić information content (AvgIpc) is 3.03. The van der Waals surface area contributed by atoms with Gasteiger partial charge in [-0.1, -0.05) is 17.7 Å². The molecule has 3 rings (SSSR count). The van der Waals surface area contributed by atoms with Gasteiger partial charge in [-0.25, -0.2) is 4.39 Å². The normalized spacial score (nSPS) is 11.3. The van der Waals surface area contributed by atoms with Gasteiger partial charge in [0.25, 0.3) is 5.69 Å². The van der Waals surface area contributed by atoms with Gasteiger partial charge >= 0.3 is 0 Å². The summed E-state index contributed by atoms with van der Waals surface area (Å²) < 4.78 is 13.3. The van der Waals surface area contributed by atoms with E-state index in [-0.39, 0.29) is 27.4 Å². The van der Waals surface area contributed by atoms with Crippen LogP contribution >= 0.6 is 11.6 Å². The summed E-state index contributed by atoms with van der Waals surface area (Å²) in [4.78, 5) is 25.7. The van der Waals surface area contributed by atoms with Gasteiger partial charge in [-0.15, -0.1) is 0 Å². The first kappa shape index (κ1) is 17.3. The van der Waals surface area contributed by atoms with Crippen LogP contribution in [0.4, 0.5) is 10.1 Å². The Morgan fingerprint density at radius 2 is 2.08 bits per heavy atom. The lowest BCUT2D eigenvalue weighted by Gasteiger charge is -2.00. The minimum absolute atomic E-state index is 0.0457. The Morgan fingerprint density at radius 1 is 1.31 bits per heavy atom. The summed E-state index contributed by atoms with van der Waals surface area (Å²) >= 11 is 5.75. The number of nitro benzene ring substituents is 1. The molecule has 0 aliphatic heterocycles. The first-order valence-electron chi connectivity index (χ1n) is 7.28. The number of nitro groups is 1. The highest BCUT2D eigenvalue weighted by Crippen LogP contribution is 2.27. The van der Waals surface area contributed by atoms with Gasteiger partial charge < -0.3 is 4.98 Å². The van der Waals surface area contributed by atoms with Crippen LogP contribution in [0.2, 0.25) is 5.02 Å². The number of nitrogens with one attached hydrogen (secondary N) is 1. The fourth-order valence-corrected chi connectivity index (χ4v) is 2.69. The topological polar surface area (TPSA) is 99.8 Å². The molecule has 2 aromatic carbocycles. The fourth-order valence-electron chi connectivity index (χ4n) is 2.51. The van der Waals surface area contributed by atoms with E-state index in [2.05, 4.69) is 4.98 Å². The highest BCUT2D eigenvalue weighted by molar-refractivity contribution is 6.32. The number of nitriles is 1. The van der Waals surface area contributed by atoms with Crippen LogP contribution in [0.15, 0.2) is 48.2 Å². The van der Waals surface area contributed by atoms with Crippen LogP contribution in [0, 0.1) is 27.3 Å². The Balaban J connectivity index is 2.04. The van der Waals surface area contributed by atoms with E-state index in [0.717, 1.165) is 0 Å². The molecule has 0 aliphatic rings. The first-order valence-corrected chi connectivity index (χ1v) is 7.65. The fraction of sp³-hybridized carbons (Fsp3) is 0. The molecule has 0 unspecified atom stereocenters. The van der Waals surface area contributed by atoms with E-state index in [0.29, 0.717) is 10.9 Å². The van der Waals surface area contributed by atoms with Crippen LogP contribution in [0.1, 0.15) is 15.9 Å². The molecule has 1 heterocycles. The van der Waals surface area contributed by atoms with Crippen molar-refractivity contribution in [2.45, 2.75) is 0 Å². The molecule has 0 spiro atoms. The lowest BCUT2D eigenvalue weighted by atomic mass is 10.0. The number of benzene rings is 2. The third-order valence-corrected chi connectivity index (χ3v) is 4.05. The molecule has 0 atom stereocenters. The largest absolute Gasteiger partial charge is 0.360 e. The second-order valence-corrected chi connectivity index (χ2v) is 5.77. The smallest absolute Gasteiger partial charge is 0.288 e. The van der Waals surface area contributed by atoms with Crippen molar-refractivity contribution in [2.24, 2.45) is 0 Å². The zero-order chi connectivity index (χ0) is 18.8. The van der Waals surface area contributed by atoms with Crippen LogP contribution in [0.5, 0.6) is 0 Å². The predicted molar refractivity (Wildman–Crippen MR) is 94.3 cm³/mol. The molecule has 26 heavy (non-hydrogen) atoms. The Labute approximate surface area is 151 Å². The van der Waals surface area contributed by atoms with Crippen molar-refractivity contribution < 1.29 is 14.1 Å². The monoisotopic (exact) mass is 369 g/mol. The summed E-state index contributed by atoms with van der Waals surface area (Å²) in [5, 5.41) is 20.7. The van der Waals surface area contributed by atoms with Crippen LogP contribution in [-0.4, -0.2) is 15.7 Å². The number of ketones is 1. The quantitative estimate of drug-likeness (QED) is 0.237. The van der Waals surface area contributed by atoms with Crippen LogP contribution < -0.4 is 0 Å². The van der Waals surface area contributed by atoms with Crippen molar-refractivity contribution in [1.29, 1.82) is 5.26 Å². The molecule has 0 saturated carbocycles. The number of fused-ring (bicyclic) bond motifs is 1. The molecule has 0 amide bonds. The highest BCUT2D eigenvalue weighted by Gasteiger charge is 2.18. The molecule has 0 saturated heterocycles. The lowest BCUT2D eigenvalue weighted by Crippen LogP contribution is -2.01. The van der Waals surface area contributed by atoms with Gasteiger partial charge in [-0.05, 0) is 35.9 Å². The van der Waals surface area contributed by atoms with Crippen molar-refractivity contribution in [3.8, 4) is 6.07 Å². The first-order chi connectivity index (χ1) is 12.4. The number of Topliss-reactive ketones (excluding diaryl/α,β-unsaturated/α-hetero) is 1. The minimum atomic E-state index is -0.651. The SMILES string of the molecule is N#C/C(=C/c1ccc(Cl)c([N+](=O)[O-])c1)C(=O)c1c[nH]c2cc(F)ccc12. The zero-order valence-electron chi connectivity index (χ0n) is 13.0. The number of allylic oxidation sites excluding steroid dienone is 1. The number of nitrogens with zero attached hydrogens (tertiary/aromatic N) is 2. The molecular weight excluding hydrogens is 361 g/mol.